The number of imidazole rings is 1. The van der Waals surface area contributed by atoms with Crippen LogP contribution in [0.25, 0.3) is 11.0 Å². The quantitative estimate of drug-likeness (QED) is 0.578. The molecule has 3 N–H and O–H groups in total. The summed E-state index contributed by atoms with van der Waals surface area (Å²) in [6.07, 6.45) is 1.89. The highest BCUT2D eigenvalue weighted by Crippen LogP contribution is 2.18. The highest BCUT2D eigenvalue weighted by Gasteiger charge is 2.20. The van der Waals surface area contributed by atoms with E-state index in [0.29, 0.717) is 6.61 Å². The standard InChI is InChI=1S/C16H26N4O/c1-4-10-20-15-9-7-6-8-13(15)18-16(20)11-14(19-17)12(3)21-5-2/h6-9,12,14,19H,4-5,10-11,17H2,1-3H3. The largest absolute Gasteiger partial charge is 0.377 e. The lowest BCUT2D eigenvalue weighted by Crippen LogP contribution is -2.45. The molecule has 2 aromatic rings. The van der Waals surface area contributed by atoms with Gasteiger partial charge in [0.25, 0.3) is 0 Å². The second kappa shape index (κ2) is 7.54. The molecular formula is C16H26N4O. The minimum atomic E-state index is 0.0508. The lowest BCUT2D eigenvalue weighted by atomic mass is 10.1. The Morgan fingerprint density at radius 1 is 1.33 bits per heavy atom. The number of nitrogens with zero attached hydrogens (tertiary/aromatic N) is 2. The van der Waals surface area contributed by atoms with Crippen LogP contribution in [0.1, 0.15) is 33.0 Å². The Morgan fingerprint density at radius 3 is 2.76 bits per heavy atom. The maximum atomic E-state index is 5.70. The number of benzene rings is 1. The van der Waals surface area contributed by atoms with Crippen LogP contribution in [-0.4, -0.2) is 28.3 Å². The Labute approximate surface area is 126 Å². The predicted octanol–water partition coefficient (Wildman–Crippen LogP) is 2.25. The van der Waals surface area contributed by atoms with Crippen molar-refractivity contribution < 1.29 is 4.74 Å². The molecule has 1 heterocycles. The van der Waals surface area contributed by atoms with Crippen molar-refractivity contribution in [2.45, 2.75) is 52.3 Å². The molecule has 2 unspecified atom stereocenters. The van der Waals surface area contributed by atoms with E-state index in [-0.39, 0.29) is 12.1 Å². The van der Waals surface area contributed by atoms with Crippen LogP contribution in [-0.2, 0) is 17.7 Å². The van der Waals surface area contributed by atoms with Gasteiger partial charge < -0.3 is 9.30 Å². The number of nitrogens with one attached hydrogen (secondary N) is 1. The van der Waals surface area contributed by atoms with Gasteiger partial charge in [0.2, 0.25) is 0 Å². The topological polar surface area (TPSA) is 65.1 Å². The average Bonchev–Trinajstić information content (AvgIpc) is 2.83. The summed E-state index contributed by atoms with van der Waals surface area (Å²) in [7, 11) is 0. The number of fused-ring (bicyclic) bond motifs is 1. The van der Waals surface area contributed by atoms with E-state index in [1.807, 2.05) is 19.9 Å². The molecule has 0 aliphatic rings. The van der Waals surface area contributed by atoms with Crippen molar-refractivity contribution >= 4 is 11.0 Å². The van der Waals surface area contributed by atoms with Crippen LogP contribution in [0.5, 0.6) is 0 Å². The molecule has 5 heteroatoms. The molecular weight excluding hydrogens is 264 g/mol. The van der Waals surface area contributed by atoms with E-state index in [9.17, 15) is 0 Å². The summed E-state index contributed by atoms with van der Waals surface area (Å²) in [6.45, 7) is 7.87. The van der Waals surface area contributed by atoms with Crippen LogP contribution in [0.4, 0.5) is 0 Å². The van der Waals surface area contributed by atoms with Crippen LogP contribution in [0.2, 0.25) is 0 Å². The molecule has 116 valence electrons. The molecule has 21 heavy (non-hydrogen) atoms. The number of hydrogen-bond donors (Lipinski definition) is 2. The van der Waals surface area contributed by atoms with Crippen molar-refractivity contribution in [1.82, 2.24) is 15.0 Å². The van der Waals surface area contributed by atoms with Crippen LogP contribution in [0, 0.1) is 0 Å². The number of ether oxygens (including phenoxy) is 1. The van der Waals surface area contributed by atoms with Gasteiger partial charge in [-0.1, -0.05) is 19.1 Å². The zero-order chi connectivity index (χ0) is 15.2. The Hall–Kier alpha value is -1.43. The minimum Gasteiger partial charge on any atom is -0.377 e. The van der Waals surface area contributed by atoms with Gasteiger partial charge in [-0.3, -0.25) is 11.3 Å². The first-order valence-electron chi connectivity index (χ1n) is 7.73. The van der Waals surface area contributed by atoms with Gasteiger partial charge in [0, 0.05) is 19.6 Å². The summed E-state index contributed by atoms with van der Waals surface area (Å²) in [5.74, 6) is 6.77. The molecule has 2 atom stereocenters. The van der Waals surface area contributed by atoms with Crippen molar-refractivity contribution in [3.8, 4) is 0 Å². The van der Waals surface area contributed by atoms with Gasteiger partial charge in [0.1, 0.15) is 5.82 Å². The number of hydrogen-bond acceptors (Lipinski definition) is 4. The van der Waals surface area contributed by atoms with E-state index in [1.165, 1.54) is 5.52 Å². The van der Waals surface area contributed by atoms with E-state index < -0.39 is 0 Å². The summed E-state index contributed by atoms with van der Waals surface area (Å²) in [4.78, 5) is 4.77. The molecule has 0 amide bonds. The highest BCUT2D eigenvalue weighted by atomic mass is 16.5. The van der Waals surface area contributed by atoms with E-state index >= 15 is 0 Å². The third kappa shape index (κ3) is 3.61. The molecule has 1 aromatic carbocycles. The minimum absolute atomic E-state index is 0.0508. The zero-order valence-electron chi connectivity index (χ0n) is 13.2. The lowest BCUT2D eigenvalue weighted by molar-refractivity contribution is 0.0469. The number of rotatable bonds is 8. The SMILES string of the molecule is CCCn1c(CC(NN)C(C)OCC)nc2ccccc21. The third-order valence-electron chi connectivity index (χ3n) is 3.79. The van der Waals surface area contributed by atoms with E-state index in [1.54, 1.807) is 0 Å². The summed E-state index contributed by atoms with van der Waals surface area (Å²) >= 11 is 0. The van der Waals surface area contributed by atoms with Crippen molar-refractivity contribution in [1.29, 1.82) is 0 Å². The van der Waals surface area contributed by atoms with Gasteiger partial charge in [0.15, 0.2) is 0 Å². The number of aryl methyl sites for hydroxylation is 1. The van der Waals surface area contributed by atoms with Crippen LogP contribution in [0.15, 0.2) is 24.3 Å². The van der Waals surface area contributed by atoms with Crippen LogP contribution in [0.3, 0.4) is 0 Å². The van der Waals surface area contributed by atoms with Gasteiger partial charge in [-0.05, 0) is 32.4 Å². The monoisotopic (exact) mass is 290 g/mol. The molecule has 0 bridgehead atoms. The van der Waals surface area contributed by atoms with Gasteiger partial charge >= 0.3 is 0 Å². The normalized spacial score (nSPS) is 14.5. The van der Waals surface area contributed by atoms with Gasteiger partial charge in [-0.25, -0.2) is 4.98 Å². The molecule has 0 saturated heterocycles. The van der Waals surface area contributed by atoms with Gasteiger partial charge in [0.05, 0.1) is 23.2 Å². The molecule has 0 aliphatic heterocycles. The van der Waals surface area contributed by atoms with Crippen molar-refractivity contribution in [2.75, 3.05) is 6.61 Å². The van der Waals surface area contributed by atoms with Crippen LogP contribution >= 0.6 is 0 Å². The fraction of sp³-hybridized carbons (Fsp3) is 0.562. The van der Waals surface area contributed by atoms with Crippen molar-refractivity contribution in [2.24, 2.45) is 5.84 Å². The van der Waals surface area contributed by atoms with E-state index in [2.05, 4.69) is 35.1 Å². The molecule has 0 saturated carbocycles. The fourth-order valence-electron chi connectivity index (χ4n) is 2.69. The Bertz CT molecular complexity index is 566. The van der Waals surface area contributed by atoms with Crippen LogP contribution < -0.4 is 11.3 Å². The summed E-state index contributed by atoms with van der Waals surface area (Å²) < 4.78 is 7.95. The molecule has 0 radical (unpaired) electrons. The summed E-state index contributed by atoms with van der Waals surface area (Å²) in [5, 5.41) is 0. The number of hydrazine groups is 1. The highest BCUT2D eigenvalue weighted by molar-refractivity contribution is 5.75. The number of para-hydroxylation sites is 2. The van der Waals surface area contributed by atoms with Gasteiger partial charge in [-0.15, -0.1) is 0 Å². The molecule has 1 aromatic heterocycles. The Kier molecular flexibility index (Phi) is 5.73. The van der Waals surface area contributed by atoms with Crippen molar-refractivity contribution in [3.05, 3.63) is 30.1 Å². The molecule has 0 fully saturated rings. The summed E-state index contributed by atoms with van der Waals surface area (Å²) in [5.41, 5.74) is 5.10. The number of nitrogens with two attached hydrogens (primary N) is 1. The first-order chi connectivity index (χ1) is 10.2. The Balaban J connectivity index is 2.29. The Morgan fingerprint density at radius 2 is 2.10 bits per heavy atom. The lowest BCUT2D eigenvalue weighted by Gasteiger charge is -2.23. The molecule has 0 aliphatic carbocycles. The smallest absolute Gasteiger partial charge is 0.111 e. The first-order valence-corrected chi connectivity index (χ1v) is 7.73. The van der Waals surface area contributed by atoms with E-state index in [0.717, 1.165) is 30.7 Å². The fourth-order valence-corrected chi connectivity index (χ4v) is 2.69. The maximum Gasteiger partial charge on any atom is 0.111 e. The predicted molar refractivity (Wildman–Crippen MR) is 85.9 cm³/mol. The zero-order valence-corrected chi connectivity index (χ0v) is 13.2. The average molecular weight is 290 g/mol. The molecule has 0 spiro atoms. The molecule has 2 rings (SSSR count). The first kappa shape index (κ1) is 15.9. The van der Waals surface area contributed by atoms with E-state index in [4.69, 9.17) is 15.6 Å². The summed E-state index contributed by atoms with van der Waals surface area (Å²) in [6, 6.07) is 8.32. The van der Waals surface area contributed by atoms with Crippen molar-refractivity contribution in [3.63, 3.8) is 0 Å². The second-order valence-corrected chi connectivity index (χ2v) is 5.31. The second-order valence-electron chi connectivity index (χ2n) is 5.31. The number of aromatic nitrogens is 2. The van der Waals surface area contributed by atoms with Gasteiger partial charge in [-0.2, -0.15) is 0 Å². The third-order valence-corrected chi connectivity index (χ3v) is 3.79. The maximum absolute atomic E-state index is 5.70. The molecule has 5 nitrogen and oxygen atoms in total.